The Labute approximate surface area is 124 Å². The first kappa shape index (κ1) is 16.9. The monoisotopic (exact) mass is 281 g/mol. The van der Waals surface area contributed by atoms with Crippen LogP contribution in [0.5, 0.6) is 0 Å². The van der Waals surface area contributed by atoms with Crippen molar-refractivity contribution in [2.75, 3.05) is 6.54 Å². The molecule has 3 nitrogen and oxygen atoms in total. The van der Waals surface area contributed by atoms with E-state index in [-0.39, 0.29) is 18.7 Å². The van der Waals surface area contributed by atoms with Gasteiger partial charge in [-0.1, -0.05) is 26.8 Å². The highest BCUT2D eigenvalue weighted by Gasteiger charge is 2.32. The Morgan fingerprint density at radius 2 is 1.75 bits per heavy atom. The molecule has 3 heteroatoms. The Kier molecular flexibility index (Phi) is 5.97. The predicted molar refractivity (Wildman–Crippen MR) is 84.5 cm³/mol. The van der Waals surface area contributed by atoms with Crippen molar-refractivity contribution in [3.05, 3.63) is 11.6 Å². The van der Waals surface area contributed by atoms with Crippen LogP contribution in [0.2, 0.25) is 0 Å². The summed E-state index contributed by atoms with van der Waals surface area (Å²) in [6, 6.07) is 0. The molecule has 1 aliphatic rings. The van der Waals surface area contributed by atoms with Crippen molar-refractivity contribution in [1.29, 1.82) is 0 Å². The van der Waals surface area contributed by atoms with Crippen molar-refractivity contribution in [2.24, 2.45) is 17.3 Å². The SMILES string of the molecule is CC=C(C)C(=O)NCC1CCC(C(=O)C(C)(C)C)CC1.[HH]. The lowest BCUT2D eigenvalue weighted by molar-refractivity contribution is -0.131. The van der Waals surface area contributed by atoms with Gasteiger partial charge in [0, 0.05) is 24.9 Å². The first-order valence-electron chi connectivity index (χ1n) is 7.71. The maximum Gasteiger partial charge on any atom is 0.246 e. The van der Waals surface area contributed by atoms with Gasteiger partial charge in [-0.25, -0.2) is 0 Å². The summed E-state index contributed by atoms with van der Waals surface area (Å²) in [6.07, 6.45) is 5.86. The summed E-state index contributed by atoms with van der Waals surface area (Å²) >= 11 is 0. The molecule has 0 bridgehead atoms. The van der Waals surface area contributed by atoms with Crippen LogP contribution in [0.3, 0.4) is 0 Å². The van der Waals surface area contributed by atoms with E-state index < -0.39 is 0 Å². The average molecular weight is 281 g/mol. The largest absolute Gasteiger partial charge is 0.352 e. The van der Waals surface area contributed by atoms with E-state index in [1.54, 1.807) is 0 Å². The van der Waals surface area contributed by atoms with Crippen molar-refractivity contribution in [1.82, 2.24) is 5.32 Å². The number of carbonyl (C=O) groups is 2. The Balaban J connectivity index is 0.00000400. The van der Waals surface area contributed by atoms with Gasteiger partial charge in [0.05, 0.1) is 0 Å². The van der Waals surface area contributed by atoms with Crippen LogP contribution >= 0.6 is 0 Å². The van der Waals surface area contributed by atoms with Crippen LogP contribution in [0, 0.1) is 17.3 Å². The van der Waals surface area contributed by atoms with Gasteiger partial charge in [0.1, 0.15) is 5.78 Å². The van der Waals surface area contributed by atoms with Gasteiger partial charge in [-0.2, -0.15) is 0 Å². The molecule has 20 heavy (non-hydrogen) atoms. The Bertz CT molecular complexity index is 388. The van der Waals surface area contributed by atoms with E-state index >= 15 is 0 Å². The Hall–Kier alpha value is -1.12. The van der Waals surface area contributed by atoms with Gasteiger partial charge in [0.2, 0.25) is 5.91 Å². The lowest BCUT2D eigenvalue weighted by Gasteiger charge is -2.31. The predicted octanol–water partition coefficient (Wildman–Crippen LogP) is 3.74. The molecule has 1 rings (SSSR count). The van der Waals surface area contributed by atoms with Crippen molar-refractivity contribution in [2.45, 2.75) is 60.3 Å². The van der Waals surface area contributed by atoms with Crippen LogP contribution in [0.15, 0.2) is 11.6 Å². The third kappa shape index (κ3) is 4.77. The van der Waals surface area contributed by atoms with Gasteiger partial charge in [0.15, 0.2) is 0 Å². The second-order valence-corrected chi connectivity index (χ2v) is 7.01. The molecule has 1 saturated carbocycles. The van der Waals surface area contributed by atoms with Crippen LogP contribution in [-0.2, 0) is 9.59 Å². The highest BCUT2D eigenvalue weighted by Crippen LogP contribution is 2.33. The Morgan fingerprint density at radius 1 is 1.20 bits per heavy atom. The molecule has 1 aliphatic carbocycles. The molecule has 0 aromatic rings. The summed E-state index contributed by atoms with van der Waals surface area (Å²) < 4.78 is 0. The van der Waals surface area contributed by atoms with Gasteiger partial charge in [-0.15, -0.1) is 0 Å². The molecular formula is C17H31NO2. The third-order valence-electron chi connectivity index (χ3n) is 4.30. The minimum atomic E-state index is -0.227. The molecule has 1 amide bonds. The number of amides is 1. The molecule has 0 atom stereocenters. The van der Waals surface area contributed by atoms with E-state index in [0.717, 1.165) is 37.8 Å². The summed E-state index contributed by atoms with van der Waals surface area (Å²) in [5, 5.41) is 2.99. The minimum absolute atomic E-state index is 0. The average Bonchev–Trinajstić information content (AvgIpc) is 2.42. The summed E-state index contributed by atoms with van der Waals surface area (Å²) in [7, 11) is 0. The molecule has 1 N–H and O–H groups in total. The molecule has 0 aromatic heterocycles. The number of ketones is 1. The molecule has 0 saturated heterocycles. The second-order valence-electron chi connectivity index (χ2n) is 7.01. The Morgan fingerprint density at radius 3 is 2.20 bits per heavy atom. The molecular weight excluding hydrogens is 250 g/mol. The standard InChI is InChI=1S/C17H29NO2.H2/c1-6-12(2)16(20)18-11-13-7-9-14(10-8-13)15(19)17(3,4)5;/h6,13-14H,7-11H2,1-5H3,(H,18,20);1H. The van der Waals surface area contributed by atoms with Gasteiger partial charge >= 0.3 is 0 Å². The molecule has 116 valence electrons. The van der Waals surface area contributed by atoms with Crippen LogP contribution in [-0.4, -0.2) is 18.2 Å². The quantitative estimate of drug-likeness (QED) is 0.798. The highest BCUT2D eigenvalue weighted by atomic mass is 16.1. The van der Waals surface area contributed by atoms with E-state index in [1.807, 2.05) is 40.7 Å². The number of allylic oxidation sites excluding steroid dienone is 1. The second kappa shape index (κ2) is 7.05. The number of hydrogen-bond acceptors (Lipinski definition) is 2. The summed E-state index contributed by atoms with van der Waals surface area (Å²) in [5.41, 5.74) is 0.538. The zero-order valence-electron chi connectivity index (χ0n) is 13.6. The lowest BCUT2D eigenvalue weighted by atomic mass is 9.73. The summed E-state index contributed by atoms with van der Waals surface area (Å²) in [5.74, 6) is 1.16. The van der Waals surface area contributed by atoms with Crippen molar-refractivity contribution in [3.8, 4) is 0 Å². The van der Waals surface area contributed by atoms with E-state index in [9.17, 15) is 9.59 Å². The number of nitrogens with one attached hydrogen (secondary N) is 1. The summed E-state index contributed by atoms with van der Waals surface area (Å²) in [6.45, 7) is 10.4. The fourth-order valence-electron chi connectivity index (χ4n) is 2.75. The van der Waals surface area contributed by atoms with Gasteiger partial charge in [0.25, 0.3) is 0 Å². The van der Waals surface area contributed by atoms with Gasteiger partial charge < -0.3 is 5.32 Å². The fraction of sp³-hybridized carbons (Fsp3) is 0.765. The molecule has 0 radical (unpaired) electrons. The lowest BCUT2D eigenvalue weighted by Crippen LogP contribution is -2.35. The van der Waals surface area contributed by atoms with E-state index in [2.05, 4.69) is 5.32 Å². The van der Waals surface area contributed by atoms with Gasteiger partial charge in [-0.3, -0.25) is 9.59 Å². The highest BCUT2D eigenvalue weighted by molar-refractivity contribution is 5.92. The first-order valence-corrected chi connectivity index (χ1v) is 7.71. The maximum absolute atomic E-state index is 12.2. The number of Topliss-reactive ketones (excluding diaryl/α,β-unsaturated/α-hetero) is 1. The van der Waals surface area contributed by atoms with Crippen molar-refractivity contribution < 1.29 is 11.0 Å². The molecule has 0 aromatic carbocycles. The number of hydrogen-bond donors (Lipinski definition) is 1. The number of rotatable bonds is 4. The van der Waals surface area contributed by atoms with Crippen LogP contribution in [0.4, 0.5) is 0 Å². The molecule has 0 spiro atoms. The number of carbonyl (C=O) groups excluding carboxylic acids is 2. The zero-order valence-corrected chi connectivity index (χ0v) is 13.6. The van der Waals surface area contributed by atoms with Crippen LogP contribution < -0.4 is 5.32 Å². The van der Waals surface area contributed by atoms with Crippen molar-refractivity contribution in [3.63, 3.8) is 0 Å². The maximum atomic E-state index is 12.2. The molecule has 0 heterocycles. The van der Waals surface area contributed by atoms with Crippen LogP contribution in [0.1, 0.15) is 61.7 Å². The first-order chi connectivity index (χ1) is 9.25. The topological polar surface area (TPSA) is 46.2 Å². The van der Waals surface area contributed by atoms with E-state index in [0.29, 0.717) is 11.7 Å². The molecule has 0 aliphatic heterocycles. The van der Waals surface area contributed by atoms with E-state index in [4.69, 9.17) is 0 Å². The smallest absolute Gasteiger partial charge is 0.246 e. The third-order valence-corrected chi connectivity index (χ3v) is 4.30. The van der Waals surface area contributed by atoms with Gasteiger partial charge in [-0.05, 0) is 45.4 Å². The summed E-state index contributed by atoms with van der Waals surface area (Å²) in [4.78, 5) is 23.9. The van der Waals surface area contributed by atoms with Crippen LogP contribution in [0.25, 0.3) is 0 Å². The normalized spacial score (nSPS) is 24.4. The molecule has 1 fully saturated rings. The fourth-order valence-corrected chi connectivity index (χ4v) is 2.75. The zero-order chi connectivity index (χ0) is 15.3. The van der Waals surface area contributed by atoms with E-state index in [1.165, 1.54) is 0 Å². The van der Waals surface area contributed by atoms with Crippen molar-refractivity contribution >= 4 is 11.7 Å². The molecule has 0 unspecified atom stereocenters. The minimum Gasteiger partial charge on any atom is -0.352 e.